The number of amides is 2. The maximum atomic E-state index is 12.6. The third kappa shape index (κ3) is 4.57. The largest absolute Gasteiger partial charge is 0.348 e. The van der Waals surface area contributed by atoms with Crippen molar-refractivity contribution >= 4 is 17.5 Å². The second-order valence-electron chi connectivity index (χ2n) is 7.41. The fourth-order valence-electron chi connectivity index (χ4n) is 3.32. The molecule has 32 heavy (non-hydrogen) atoms. The van der Waals surface area contributed by atoms with E-state index in [0.717, 1.165) is 22.5 Å². The van der Waals surface area contributed by atoms with Gasteiger partial charge in [-0.15, -0.1) is 0 Å². The number of aryl methyl sites for hydroxylation is 1. The number of hydrogen-bond donors (Lipinski definition) is 1. The van der Waals surface area contributed by atoms with Crippen molar-refractivity contribution in [3.63, 3.8) is 0 Å². The van der Waals surface area contributed by atoms with Crippen LogP contribution in [0, 0.1) is 6.92 Å². The lowest BCUT2D eigenvalue weighted by Crippen LogP contribution is -2.26. The molecular weight excluding hydrogens is 402 g/mol. The Hall–Kier alpha value is -4.26. The van der Waals surface area contributed by atoms with Crippen molar-refractivity contribution in [1.82, 2.24) is 20.1 Å². The summed E-state index contributed by atoms with van der Waals surface area (Å²) in [6.07, 6.45) is 6.47. The van der Waals surface area contributed by atoms with Gasteiger partial charge in [-0.2, -0.15) is 5.10 Å². The van der Waals surface area contributed by atoms with Gasteiger partial charge >= 0.3 is 0 Å². The van der Waals surface area contributed by atoms with E-state index in [2.05, 4.69) is 15.4 Å². The maximum absolute atomic E-state index is 12.6. The third-order valence-corrected chi connectivity index (χ3v) is 5.22. The van der Waals surface area contributed by atoms with E-state index in [0.29, 0.717) is 17.7 Å². The fourth-order valence-corrected chi connectivity index (χ4v) is 3.32. The van der Waals surface area contributed by atoms with Gasteiger partial charge < -0.3 is 10.2 Å². The van der Waals surface area contributed by atoms with E-state index < -0.39 is 0 Å². The van der Waals surface area contributed by atoms with E-state index >= 15 is 0 Å². The van der Waals surface area contributed by atoms with Crippen LogP contribution in [0.15, 0.2) is 85.5 Å². The Balaban J connectivity index is 1.37. The van der Waals surface area contributed by atoms with Crippen LogP contribution in [0.4, 0.5) is 5.69 Å². The van der Waals surface area contributed by atoms with Crippen LogP contribution in [0.5, 0.6) is 0 Å². The highest BCUT2D eigenvalue weighted by Crippen LogP contribution is 2.17. The molecule has 0 aliphatic rings. The van der Waals surface area contributed by atoms with Gasteiger partial charge in [0.25, 0.3) is 11.8 Å². The number of nitrogens with one attached hydrogen (secondary N) is 1. The predicted molar refractivity (Wildman–Crippen MR) is 123 cm³/mol. The Kier molecular flexibility index (Phi) is 6.07. The number of hydrogen-bond acceptors (Lipinski definition) is 4. The molecule has 2 heterocycles. The van der Waals surface area contributed by atoms with Crippen LogP contribution in [-0.2, 0) is 6.54 Å². The highest BCUT2D eigenvalue weighted by atomic mass is 16.2. The Labute approximate surface area is 186 Å². The van der Waals surface area contributed by atoms with Gasteiger partial charge in [0.05, 0.1) is 17.4 Å². The van der Waals surface area contributed by atoms with Gasteiger partial charge in [0.15, 0.2) is 0 Å². The van der Waals surface area contributed by atoms with Crippen LogP contribution in [0.25, 0.3) is 5.69 Å². The third-order valence-electron chi connectivity index (χ3n) is 5.22. The Bertz CT molecular complexity index is 1230. The number of benzene rings is 2. The topological polar surface area (TPSA) is 80.1 Å². The summed E-state index contributed by atoms with van der Waals surface area (Å²) in [4.78, 5) is 30.6. The Morgan fingerprint density at radius 2 is 1.69 bits per heavy atom. The van der Waals surface area contributed by atoms with Gasteiger partial charge in [0.1, 0.15) is 0 Å². The van der Waals surface area contributed by atoms with E-state index in [1.165, 1.54) is 0 Å². The molecule has 1 N–H and O–H groups in total. The molecule has 160 valence electrons. The van der Waals surface area contributed by atoms with Crippen molar-refractivity contribution in [2.45, 2.75) is 13.5 Å². The first kappa shape index (κ1) is 21.0. The molecule has 2 amide bonds. The minimum atomic E-state index is -0.195. The Morgan fingerprint density at radius 1 is 0.969 bits per heavy atom. The van der Waals surface area contributed by atoms with Crippen LogP contribution >= 0.6 is 0 Å². The summed E-state index contributed by atoms with van der Waals surface area (Å²) < 4.78 is 1.70. The van der Waals surface area contributed by atoms with Crippen LogP contribution < -0.4 is 10.2 Å². The average molecular weight is 425 g/mol. The summed E-state index contributed by atoms with van der Waals surface area (Å²) >= 11 is 0. The van der Waals surface area contributed by atoms with Gasteiger partial charge in [-0.25, -0.2) is 4.68 Å². The molecule has 0 atom stereocenters. The van der Waals surface area contributed by atoms with Crippen LogP contribution in [-0.4, -0.2) is 33.6 Å². The molecule has 0 fully saturated rings. The lowest BCUT2D eigenvalue weighted by molar-refractivity contribution is 0.0949. The molecule has 0 unspecified atom stereocenters. The number of carbonyl (C=O) groups is 2. The monoisotopic (exact) mass is 425 g/mol. The lowest BCUT2D eigenvalue weighted by Gasteiger charge is -2.17. The first-order chi connectivity index (χ1) is 15.5. The summed E-state index contributed by atoms with van der Waals surface area (Å²) in [5.74, 6) is -0.307. The number of pyridine rings is 1. The van der Waals surface area contributed by atoms with E-state index in [9.17, 15) is 9.59 Å². The normalized spacial score (nSPS) is 10.6. The van der Waals surface area contributed by atoms with E-state index in [1.807, 2.05) is 55.5 Å². The SMILES string of the molecule is Cc1ccccc1-n1cc(C(=O)NCc2ccc(N(C)C(=O)c3ccncc3)cc2)cn1. The molecule has 2 aromatic heterocycles. The minimum Gasteiger partial charge on any atom is -0.348 e. The zero-order valence-corrected chi connectivity index (χ0v) is 17.9. The van der Waals surface area contributed by atoms with Gasteiger partial charge in [0, 0.05) is 43.4 Å². The summed E-state index contributed by atoms with van der Waals surface area (Å²) in [5, 5.41) is 7.22. The highest BCUT2D eigenvalue weighted by Gasteiger charge is 2.14. The molecule has 0 aliphatic carbocycles. The second kappa shape index (κ2) is 9.26. The standard InChI is InChI=1S/C25H23N5O2/c1-18-5-3-4-6-23(18)30-17-21(16-28-30)24(31)27-15-19-7-9-22(10-8-19)29(2)25(32)20-11-13-26-14-12-20/h3-14,16-17H,15H2,1-2H3,(H,27,31). The number of nitrogens with zero attached hydrogens (tertiary/aromatic N) is 4. The quantitative estimate of drug-likeness (QED) is 0.510. The van der Waals surface area contributed by atoms with Crippen LogP contribution in [0.1, 0.15) is 31.8 Å². The fraction of sp³-hybridized carbons (Fsp3) is 0.120. The molecule has 2 aromatic carbocycles. The maximum Gasteiger partial charge on any atom is 0.258 e. The predicted octanol–water partition coefficient (Wildman–Crippen LogP) is 3.78. The van der Waals surface area contributed by atoms with E-state index in [-0.39, 0.29) is 11.8 Å². The summed E-state index contributed by atoms with van der Waals surface area (Å²) in [6, 6.07) is 18.7. The van der Waals surface area contributed by atoms with Crippen molar-refractivity contribution in [1.29, 1.82) is 0 Å². The molecule has 0 saturated heterocycles. The molecule has 4 aromatic rings. The average Bonchev–Trinajstić information content (AvgIpc) is 3.33. The molecular formula is C25H23N5O2. The molecule has 0 bridgehead atoms. The van der Waals surface area contributed by atoms with Crippen molar-refractivity contribution < 1.29 is 9.59 Å². The highest BCUT2D eigenvalue weighted by molar-refractivity contribution is 6.05. The number of anilines is 1. The molecule has 7 heteroatoms. The number of carbonyl (C=O) groups excluding carboxylic acids is 2. The zero-order valence-electron chi connectivity index (χ0n) is 17.9. The van der Waals surface area contributed by atoms with E-state index in [1.54, 1.807) is 53.5 Å². The molecule has 7 nitrogen and oxygen atoms in total. The van der Waals surface area contributed by atoms with Crippen molar-refractivity contribution in [2.75, 3.05) is 11.9 Å². The number of aromatic nitrogens is 3. The smallest absolute Gasteiger partial charge is 0.258 e. The van der Waals surface area contributed by atoms with Crippen LogP contribution in [0.2, 0.25) is 0 Å². The molecule has 4 rings (SSSR count). The number of rotatable bonds is 6. The molecule has 0 saturated carbocycles. The van der Waals surface area contributed by atoms with Crippen LogP contribution in [0.3, 0.4) is 0 Å². The molecule has 0 radical (unpaired) electrons. The van der Waals surface area contributed by atoms with Gasteiger partial charge in [-0.05, 0) is 48.4 Å². The molecule has 0 aliphatic heterocycles. The summed E-state index contributed by atoms with van der Waals surface area (Å²) in [7, 11) is 1.73. The van der Waals surface area contributed by atoms with Gasteiger partial charge in [-0.3, -0.25) is 14.6 Å². The van der Waals surface area contributed by atoms with Gasteiger partial charge in [0.2, 0.25) is 0 Å². The van der Waals surface area contributed by atoms with Crippen molar-refractivity contribution in [2.24, 2.45) is 0 Å². The molecule has 0 spiro atoms. The second-order valence-corrected chi connectivity index (χ2v) is 7.41. The lowest BCUT2D eigenvalue weighted by atomic mass is 10.1. The Morgan fingerprint density at radius 3 is 2.41 bits per heavy atom. The zero-order chi connectivity index (χ0) is 22.5. The van der Waals surface area contributed by atoms with Crippen molar-refractivity contribution in [3.05, 3.63) is 108 Å². The van der Waals surface area contributed by atoms with Crippen molar-refractivity contribution in [3.8, 4) is 5.69 Å². The number of para-hydroxylation sites is 1. The summed E-state index contributed by atoms with van der Waals surface area (Å²) in [5.41, 5.74) is 4.78. The van der Waals surface area contributed by atoms with Gasteiger partial charge in [-0.1, -0.05) is 30.3 Å². The first-order valence-corrected chi connectivity index (χ1v) is 10.2. The first-order valence-electron chi connectivity index (χ1n) is 10.2. The summed E-state index contributed by atoms with van der Waals surface area (Å²) in [6.45, 7) is 2.37. The van der Waals surface area contributed by atoms with E-state index in [4.69, 9.17) is 0 Å². The minimum absolute atomic E-state index is 0.112.